The quantitative estimate of drug-likeness (QED) is 0.0793. The van der Waals surface area contributed by atoms with Crippen LogP contribution in [0.1, 0.15) is 135 Å². The van der Waals surface area contributed by atoms with Crippen molar-refractivity contribution < 1.29 is 14.6 Å². The number of rotatable bonds is 23. The van der Waals surface area contributed by atoms with Gasteiger partial charge < -0.3 is 4.89 Å². The molecule has 0 saturated carbocycles. The molecule has 0 heterocycles. The molecule has 3 heteroatoms. The van der Waals surface area contributed by atoms with Crippen molar-refractivity contribution in [3.63, 3.8) is 0 Å². The Morgan fingerprint density at radius 1 is 0.500 bits per heavy atom. The predicted molar refractivity (Wildman–Crippen MR) is 111 cm³/mol. The van der Waals surface area contributed by atoms with Gasteiger partial charge >= 0.3 is 6.47 Å². The summed E-state index contributed by atoms with van der Waals surface area (Å²) in [6.45, 7) is 3.14. The lowest BCUT2D eigenvalue weighted by atomic mass is 10.0. The summed E-state index contributed by atoms with van der Waals surface area (Å²) in [5, 5.41) is 0. The van der Waals surface area contributed by atoms with Crippen LogP contribution < -0.4 is 0 Å². The molecular formula is C23H46O3. The first kappa shape index (κ1) is 25.4. The summed E-state index contributed by atoms with van der Waals surface area (Å²) in [4.78, 5) is 18.7. The van der Waals surface area contributed by atoms with Gasteiger partial charge in [0, 0.05) is 0 Å². The van der Waals surface area contributed by atoms with Crippen molar-refractivity contribution >= 4 is 6.47 Å². The van der Waals surface area contributed by atoms with Crippen LogP contribution in [0.4, 0.5) is 0 Å². The first-order chi connectivity index (χ1) is 12.9. The van der Waals surface area contributed by atoms with Crippen molar-refractivity contribution in [2.24, 2.45) is 0 Å². The van der Waals surface area contributed by atoms with Gasteiger partial charge in [0.2, 0.25) is 0 Å². The minimum Gasteiger partial charge on any atom is -0.302 e. The fraction of sp³-hybridized carbons (Fsp3) is 0.957. The second kappa shape index (κ2) is 24.4. The van der Waals surface area contributed by atoms with Crippen LogP contribution in [0.2, 0.25) is 0 Å². The van der Waals surface area contributed by atoms with E-state index < -0.39 is 0 Å². The summed E-state index contributed by atoms with van der Waals surface area (Å²) in [6, 6.07) is 0. The summed E-state index contributed by atoms with van der Waals surface area (Å²) < 4.78 is 0. The van der Waals surface area contributed by atoms with Gasteiger partial charge in [-0.3, -0.25) is 4.79 Å². The highest BCUT2D eigenvalue weighted by Crippen LogP contribution is 2.14. The third kappa shape index (κ3) is 23.4. The van der Waals surface area contributed by atoms with E-state index in [1.807, 2.05) is 0 Å². The molecule has 0 aliphatic heterocycles. The van der Waals surface area contributed by atoms with E-state index in [0.29, 0.717) is 13.1 Å². The first-order valence-electron chi connectivity index (χ1n) is 11.6. The molecule has 0 N–H and O–H groups in total. The van der Waals surface area contributed by atoms with Gasteiger partial charge in [-0.1, -0.05) is 129 Å². The summed E-state index contributed by atoms with van der Waals surface area (Å²) in [6.07, 6.45) is 27.6. The van der Waals surface area contributed by atoms with Crippen LogP contribution in [-0.4, -0.2) is 13.1 Å². The maximum Gasteiger partial charge on any atom is 0.330 e. The highest BCUT2D eigenvalue weighted by molar-refractivity contribution is 5.35. The second-order valence-corrected chi connectivity index (χ2v) is 7.73. The highest BCUT2D eigenvalue weighted by atomic mass is 17.2. The third-order valence-electron chi connectivity index (χ3n) is 5.19. The van der Waals surface area contributed by atoms with Crippen LogP contribution in [0.5, 0.6) is 0 Å². The monoisotopic (exact) mass is 370 g/mol. The van der Waals surface area contributed by atoms with E-state index in [1.165, 1.54) is 122 Å². The first-order valence-corrected chi connectivity index (χ1v) is 11.6. The lowest BCUT2D eigenvalue weighted by Gasteiger charge is -2.04. The third-order valence-corrected chi connectivity index (χ3v) is 5.19. The SMILES string of the molecule is CCCCCCCCCCCCCCCCCCCCCCOOC=O. The van der Waals surface area contributed by atoms with Crippen LogP contribution in [0.25, 0.3) is 0 Å². The molecule has 0 radical (unpaired) electrons. The molecule has 0 fully saturated rings. The molecule has 26 heavy (non-hydrogen) atoms. The minimum absolute atomic E-state index is 0.330. The van der Waals surface area contributed by atoms with Crippen LogP contribution in [0.15, 0.2) is 0 Å². The Morgan fingerprint density at radius 3 is 1.12 bits per heavy atom. The van der Waals surface area contributed by atoms with Crippen LogP contribution in [0, 0.1) is 0 Å². The van der Waals surface area contributed by atoms with E-state index in [9.17, 15) is 4.79 Å². The molecule has 0 spiro atoms. The standard InChI is InChI=1S/C23H46O3/c1-2-3-4-5-6-7-8-9-10-11-12-13-14-15-16-17-18-19-20-21-22-25-26-23-24/h23H,2-22H2,1H3. The fourth-order valence-corrected chi connectivity index (χ4v) is 3.49. The lowest BCUT2D eigenvalue weighted by Crippen LogP contribution is -1.94. The maximum absolute atomic E-state index is 9.87. The van der Waals surface area contributed by atoms with Crippen LogP contribution >= 0.6 is 0 Å². The number of carbonyl (C=O) groups is 1. The molecule has 3 nitrogen and oxygen atoms in total. The molecule has 0 aliphatic rings. The molecule has 156 valence electrons. The Kier molecular flexibility index (Phi) is 23.9. The van der Waals surface area contributed by atoms with Gasteiger partial charge in [0.15, 0.2) is 0 Å². The Labute approximate surface area is 163 Å². The van der Waals surface area contributed by atoms with Gasteiger partial charge in [0.1, 0.15) is 0 Å². The van der Waals surface area contributed by atoms with Gasteiger partial charge in [-0.05, 0) is 6.42 Å². The number of unbranched alkanes of at least 4 members (excludes halogenated alkanes) is 19. The molecule has 0 rings (SSSR count). The van der Waals surface area contributed by atoms with Crippen LogP contribution in [0.3, 0.4) is 0 Å². The van der Waals surface area contributed by atoms with E-state index in [1.54, 1.807) is 0 Å². The molecule has 0 bridgehead atoms. The minimum atomic E-state index is 0.330. The van der Waals surface area contributed by atoms with Crippen molar-refractivity contribution in [2.45, 2.75) is 135 Å². The summed E-state index contributed by atoms with van der Waals surface area (Å²) in [5.41, 5.74) is 0. The van der Waals surface area contributed by atoms with Crippen molar-refractivity contribution in [2.75, 3.05) is 6.61 Å². The Balaban J connectivity index is 2.96. The maximum atomic E-state index is 9.87. The van der Waals surface area contributed by atoms with Crippen molar-refractivity contribution in [3.8, 4) is 0 Å². The summed E-state index contributed by atoms with van der Waals surface area (Å²) in [7, 11) is 0. The number of hydrogen-bond acceptors (Lipinski definition) is 3. The Hall–Kier alpha value is -0.570. The normalized spacial score (nSPS) is 11.0. The number of carbonyl (C=O) groups excluding carboxylic acids is 1. The zero-order valence-electron chi connectivity index (χ0n) is 17.7. The van der Waals surface area contributed by atoms with Gasteiger partial charge in [0.25, 0.3) is 0 Å². The van der Waals surface area contributed by atoms with Crippen LogP contribution in [-0.2, 0) is 14.6 Å². The van der Waals surface area contributed by atoms with E-state index in [4.69, 9.17) is 0 Å². The zero-order chi connectivity index (χ0) is 19.0. The lowest BCUT2D eigenvalue weighted by molar-refractivity contribution is -0.259. The molecule has 0 saturated heterocycles. The van der Waals surface area contributed by atoms with Gasteiger partial charge in [-0.2, -0.15) is 4.89 Å². The summed E-state index contributed by atoms with van der Waals surface area (Å²) in [5.74, 6) is 0. The van der Waals surface area contributed by atoms with Crippen molar-refractivity contribution in [3.05, 3.63) is 0 Å². The zero-order valence-corrected chi connectivity index (χ0v) is 17.7. The van der Waals surface area contributed by atoms with E-state index in [2.05, 4.69) is 16.7 Å². The van der Waals surface area contributed by atoms with E-state index in [-0.39, 0.29) is 0 Å². The topological polar surface area (TPSA) is 35.5 Å². The molecule has 0 aromatic rings. The molecule has 0 aliphatic carbocycles. The van der Waals surface area contributed by atoms with Gasteiger partial charge in [0.05, 0.1) is 6.61 Å². The van der Waals surface area contributed by atoms with Gasteiger partial charge in [-0.25, -0.2) is 0 Å². The largest absolute Gasteiger partial charge is 0.330 e. The average molecular weight is 371 g/mol. The fourth-order valence-electron chi connectivity index (χ4n) is 3.49. The van der Waals surface area contributed by atoms with Gasteiger partial charge in [-0.15, -0.1) is 0 Å². The smallest absolute Gasteiger partial charge is 0.302 e. The molecule has 0 aromatic heterocycles. The second-order valence-electron chi connectivity index (χ2n) is 7.73. The molecule has 0 amide bonds. The van der Waals surface area contributed by atoms with Crippen molar-refractivity contribution in [1.82, 2.24) is 0 Å². The highest BCUT2D eigenvalue weighted by Gasteiger charge is 1.95. The molecule has 0 unspecified atom stereocenters. The Morgan fingerprint density at radius 2 is 0.808 bits per heavy atom. The molecular weight excluding hydrogens is 324 g/mol. The van der Waals surface area contributed by atoms with E-state index >= 15 is 0 Å². The van der Waals surface area contributed by atoms with Crippen molar-refractivity contribution in [1.29, 1.82) is 0 Å². The molecule has 0 aromatic carbocycles. The van der Waals surface area contributed by atoms with E-state index in [0.717, 1.165) is 6.42 Å². The summed E-state index contributed by atoms with van der Waals surface area (Å²) >= 11 is 0. The molecule has 0 atom stereocenters. The predicted octanol–water partition coefficient (Wildman–Crippen LogP) is 7.91. The number of hydrogen-bond donors (Lipinski definition) is 0. The average Bonchev–Trinajstić information content (AvgIpc) is 2.66. The Bertz CT molecular complexity index is 256.